The van der Waals surface area contributed by atoms with E-state index in [1.807, 2.05) is 18.2 Å². The fraction of sp³-hybridized carbons (Fsp3) is 0.263. The third-order valence-electron chi connectivity index (χ3n) is 3.63. The van der Waals surface area contributed by atoms with Gasteiger partial charge < -0.3 is 4.84 Å². The average molecular weight is 325 g/mol. The van der Waals surface area contributed by atoms with Crippen LogP contribution in [0.3, 0.4) is 0 Å². The molecule has 4 heteroatoms. The van der Waals surface area contributed by atoms with Crippen LogP contribution >= 0.6 is 11.8 Å². The van der Waals surface area contributed by atoms with Crippen molar-refractivity contribution in [3.63, 3.8) is 0 Å². The highest BCUT2D eigenvalue weighted by Gasteiger charge is 2.24. The van der Waals surface area contributed by atoms with Crippen molar-refractivity contribution in [2.75, 3.05) is 0 Å². The number of rotatable bonds is 6. The molecule has 0 saturated heterocycles. The van der Waals surface area contributed by atoms with E-state index in [1.165, 1.54) is 29.6 Å². The molecule has 0 unspecified atom stereocenters. The van der Waals surface area contributed by atoms with E-state index in [0.29, 0.717) is 5.92 Å². The molecular weight excluding hydrogens is 306 g/mol. The quantitative estimate of drug-likeness (QED) is 0.430. The number of hydrogen-bond donors (Lipinski definition) is 0. The summed E-state index contributed by atoms with van der Waals surface area (Å²) in [5.41, 5.74) is 1.88. The molecule has 0 heterocycles. The van der Waals surface area contributed by atoms with Crippen molar-refractivity contribution in [3.8, 4) is 0 Å². The standard InChI is InChI=1S/C19H19NO2S/c1-14(21)22-20-19(13-15-7-8-15)16-9-11-18(12-10-16)23-17-5-3-2-4-6-17/h2-6,9-12,15H,7-8,13H2,1H3. The first kappa shape index (κ1) is 15.8. The molecule has 2 aromatic rings. The summed E-state index contributed by atoms with van der Waals surface area (Å²) in [6.07, 6.45) is 3.35. The fourth-order valence-electron chi connectivity index (χ4n) is 2.26. The lowest BCUT2D eigenvalue weighted by atomic mass is 10.1. The van der Waals surface area contributed by atoms with Gasteiger partial charge in [0.2, 0.25) is 0 Å². The zero-order chi connectivity index (χ0) is 16.1. The minimum Gasteiger partial charge on any atom is -0.318 e. The second-order valence-electron chi connectivity index (χ2n) is 5.71. The summed E-state index contributed by atoms with van der Waals surface area (Å²) >= 11 is 1.73. The lowest BCUT2D eigenvalue weighted by Crippen LogP contribution is -2.05. The molecular formula is C19H19NO2S. The Hall–Kier alpha value is -2.07. The van der Waals surface area contributed by atoms with Gasteiger partial charge in [0.05, 0.1) is 5.71 Å². The number of carbonyl (C=O) groups is 1. The highest BCUT2D eigenvalue weighted by Crippen LogP contribution is 2.34. The van der Waals surface area contributed by atoms with Crippen molar-refractivity contribution in [2.45, 2.75) is 36.0 Å². The van der Waals surface area contributed by atoms with E-state index < -0.39 is 0 Å². The Kier molecular flexibility index (Phi) is 5.13. The predicted octanol–water partition coefficient (Wildman–Crippen LogP) is 4.91. The third kappa shape index (κ3) is 4.96. The van der Waals surface area contributed by atoms with Gasteiger partial charge in [0.15, 0.2) is 0 Å². The molecule has 3 nitrogen and oxygen atoms in total. The van der Waals surface area contributed by atoms with Crippen LogP contribution in [0, 0.1) is 5.92 Å². The Labute approximate surface area is 140 Å². The summed E-state index contributed by atoms with van der Waals surface area (Å²) in [6, 6.07) is 18.6. The largest absolute Gasteiger partial charge is 0.331 e. The maximum Gasteiger partial charge on any atom is 0.331 e. The lowest BCUT2D eigenvalue weighted by Gasteiger charge is -2.07. The Morgan fingerprint density at radius 3 is 2.35 bits per heavy atom. The van der Waals surface area contributed by atoms with Gasteiger partial charge in [-0.25, -0.2) is 4.79 Å². The van der Waals surface area contributed by atoms with Crippen LogP contribution in [-0.2, 0) is 9.63 Å². The lowest BCUT2D eigenvalue weighted by molar-refractivity contribution is -0.140. The van der Waals surface area contributed by atoms with Gasteiger partial charge in [-0.1, -0.05) is 47.2 Å². The Bertz CT molecular complexity index is 691. The minimum atomic E-state index is -0.380. The van der Waals surface area contributed by atoms with E-state index in [2.05, 4.69) is 41.6 Å². The van der Waals surface area contributed by atoms with Gasteiger partial charge in [0.1, 0.15) is 0 Å². The van der Waals surface area contributed by atoms with Crippen molar-refractivity contribution in [1.82, 2.24) is 0 Å². The van der Waals surface area contributed by atoms with Crippen molar-refractivity contribution >= 4 is 23.4 Å². The van der Waals surface area contributed by atoms with E-state index in [4.69, 9.17) is 4.84 Å². The molecule has 0 spiro atoms. The highest BCUT2D eigenvalue weighted by atomic mass is 32.2. The first-order valence-electron chi connectivity index (χ1n) is 7.78. The van der Waals surface area contributed by atoms with Crippen molar-refractivity contribution < 1.29 is 9.63 Å². The Balaban J connectivity index is 1.72. The number of carbonyl (C=O) groups excluding carboxylic acids is 1. The Morgan fingerprint density at radius 2 is 1.74 bits per heavy atom. The van der Waals surface area contributed by atoms with Crippen LogP contribution in [0.1, 0.15) is 31.7 Å². The number of benzene rings is 2. The second kappa shape index (κ2) is 7.47. The number of nitrogens with zero attached hydrogens (tertiary/aromatic N) is 1. The van der Waals surface area contributed by atoms with Crippen molar-refractivity contribution in [3.05, 3.63) is 60.2 Å². The van der Waals surface area contributed by atoms with Gasteiger partial charge >= 0.3 is 5.97 Å². The predicted molar refractivity (Wildman–Crippen MR) is 92.7 cm³/mol. The average Bonchev–Trinajstić information content (AvgIpc) is 3.37. The zero-order valence-electron chi connectivity index (χ0n) is 13.1. The molecule has 1 saturated carbocycles. The number of hydrogen-bond acceptors (Lipinski definition) is 4. The molecule has 0 bridgehead atoms. The normalized spacial score (nSPS) is 14.6. The third-order valence-corrected chi connectivity index (χ3v) is 4.65. The van der Waals surface area contributed by atoms with Crippen LogP contribution in [0.4, 0.5) is 0 Å². The summed E-state index contributed by atoms with van der Waals surface area (Å²) in [4.78, 5) is 18.3. The van der Waals surface area contributed by atoms with E-state index in [9.17, 15) is 4.79 Å². The van der Waals surface area contributed by atoms with Gasteiger partial charge in [0, 0.05) is 16.7 Å². The van der Waals surface area contributed by atoms with E-state index in [-0.39, 0.29) is 5.97 Å². The van der Waals surface area contributed by atoms with Gasteiger partial charge in [-0.15, -0.1) is 0 Å². The maximum atomic E-state index is 11.0. The Morgan fingerprint density at radius 1 is 1.09 bits per heavy atom. The molecule has 1 fully saturated rings. The van der Waals surface area contributed by atoms with Crippen molar-refractivity contribution in [1.29, 1.82) is 0 Å². The van der Waals surface area contributed by atoms with E-state index in [0.717, 1.165) is 17.7 Å². The van der Waals surface area contributed by atoms with E-state index >= 15 is 0 Å². The van der Waals surface area contributed by atoms with Crippen LogP contribution in [-0.4, -0.2) is 11.7 Å². The zero-order valence-corrected chi connectivity index (χ0v) is 13.9. The molecule has 23 heavy (non-hydrogen) atoms. The minimum absolute atomic E-state index is 0.380. The first-order chi connectivity index (χ1) is 11.2. The van der Waals surface area contributed by atoms with Crippen LogP contribution < -0.4 is 0 Å². The molecule has 2 aromatic carbocycles. The molecule has 118 valence electrons. The summed E-state index contributed by atoms with van der Waals surface area (Å²) in [7, 11) is 0. The van der Waals surface area contributed by atoms with Gasteiger partial charge in [0.25, 0.3) is 0 Å². The summed E-state index contributed by atoms with van der Waals surface area (Å²) in [6.45, 7) is 1.37. The van der Waals surface area contributed by atoms with Gasteiger partial charge in [-0.3, -0.25) is 0 Å². The molecule has 0 aliphatic heterocycles. The van der Waals surface area contributed by atoms with Gasteiger partial charge in [-0.2, -0.15) is 0 Å². The molecule has 1 aliphatic carbocycles. The number of oxime groups is 1. The van der Waals surface area contributed by atoms with Gasteiger partial charge in [-0.05, 0) is 55.0 Å². The molecule has 0 N–H and O–H groups in total. The summed E-state index contributed by atoms with van der Waals surface area (Å²) in [5.74, 6) is 0.303. The molecule has 0 aromatic heterocycles. The van der Waals surface area contributed by atoms with Crippen LogP contribution in [0.15, 0.2) is 69.5 Å². The second-order valence-corrected chi connectivity index (χ2v) is 6.85. The van der Waals surface area contributed by atoms with Crippen LogP contribution in [0.25, 0.3) is 0 Å². The monoisotopic (exact) mass is 325 g/mol. The molecule has 3 rings (SSSR count). The van der Waals surface area contributed by atoms with Crippen LogP contribution in [0.2, 0.25) is 0 Å². The fourth-order valence-corrected chi connectivity index (χ4v) is 3.10. The molecule has 0 radical (unpaired) electrons. The van der Waals surface area contributed by atoms with Crippen LogP contribution in [0.5, 0.6) is 0 Å². The molecule has 1 aliphatic rings. The SMILES string of the molecule is CC(=O)ON=C(CC1CC1)c1ccc(Sc2ccccc2)cc1. The summed E-state index contributed by atoms with van der Waals surface area (Å²) in [5, 5.41) is 4.05. The topological polar surface area (TPSA) is 38.7 Å². The first-order valence-corrected chi connectivity index (χ1v) is 8.60. The van der Waals surface area contributed by atoms with E-state index in [1.54, 1.807) is 11.8 Å². The summed E-state index contributed by atoms with van der Waals surface area (Å²) < 4.78 is 0. The maximum absolute atomic E-state index is 11.0. The van der Waals surface area contributed by atoms with Crippen molar-refractivity contribution in [2.24, 2.45) is 11.1 Å². The molecule has 0 amide bonds. The highest BCUT2D eigenvalue weighted by molar-refractivity contribution is 7.99. The molecule has 0 atom stereocenters. The smallest absolute Gasteiger partial charge is 0.318 e.